The molecule has 4 rings (SSSR count). The first-order valence-corrected chi connectivity index (χ1v) is 12.5. The molecule has 3 heterocycles. The zero-order valence-corrected chi connectivity index (χ0v) is 20.9. The first-order valence-electron chi connectivity index (χ1n) is 11.7. The quantitative estimate of drug-likeness (QED) is 0.300. The summed E-state index contributed by atoms with van der Waals surface area (Å²) in [5.41, 5.74) is 2.47. The van der Waals surface area contributed by atoms with E-state index in [9.17, 15) is 28.5 Å². The molecular formula is C23H29F3N6O3S. The number of hydrogen-bond acceptors (Lipinski definition) is 10. The molecule has 0 radical (unpaired) electrons. The van der Waals surface area contributed by atoms with E-state index in [4.69, 9.17) is 4.98 Å². The number of aromatic nitrogens is 4. The van der Waals surface area contributed by atoms with Crippen molar-refractivity contribution in [3.05, 3.63) is 23.7 Å². The fourth-order valence-corrected chi connectivity index (χ4v) is 5.41. The molecule has 36 heavy (non-hydrogen) atoms. The van der Waals surface area contributed by atoms with E-state index in [1.54, 1.807) is 13.1 Å². The Morgan fingerprint density at radius 2 is 1.94 bits per heavy atom. The average molecular weight is 527 g/mol. The molecule has 0 aliphatic heterocycles. The molecule has 0 saturated heterocycles. The lowest BCUT2D eigenvalue weighted by atomic mass is 10.1. The van der Waals surface area contributed by atoms with E-state index in [1.807, 2.05) is 13.0 Å². The van der Waals surface area contributed by atoms with E-state index in [2.05, 4.69) is 25.6 Å². The predicted molar refractivity (Wildman–Crippen MR) is 131 cm³/mol. The Hall–Kier alpha value is -2.61. The smallest absolute Gasteiger partial charge is 0.396 e. The van der Waals surface area contributed by atoms with Gasteiger partial charge in [0.15, 0.2) is 0 Å². The van der Waals surface area contributed by atoms with E-state index in [0.29, 0.717) is 16.3 Å². The summed E-state index contributed by atoms with van der Waals surface area (Å²) in [5.74, 6) is -0.597. The average Bonchev–Trinajstić information content (AvgIpc) is 3.35. The molecule has 196 valence electrons. The van der Waals surface area contributed by atoms with Crippen molar-refractivity contribution in [3.8, 4) is 10.6 Å². The van der Waals surface area contributed by atoms with Crippen LogP contribution in [0.15, 0.2) is 12.3 Å². The Labute approximate surface area is 209 Å². The second kappa shape index (κ2) is 10.4. The van der Waals surface area contributed by atoms with Crippen molar-refractivity contribution >= 4 is 33.3 Å². The van der Waals surface area contributed by atoms with Crippen LogP contribution in [0.25, 0.3) is 20.8 Å². The minimum Gasteiger partial charge on any atom is -0.396 e. The third-order valence-corrected chi connectivity index (χ3v) is 7.41. The van der Waals surface area contributed by atoms with E-state index in [-0.39, 0.29) is 24.8 Å². The molecule has 0 spiro atoms. The molecule has 9 nitrogen and oxygen atoms in total. The van der Waals surface area contributed by atoms with Gasteiger partial charge in [-0.3, -0.25) is 4.98 Å². The number of aryl methyl sites for hydroxylation is 2. The molecule has 5 atom stereocenters. The SMILES string of the molecule is CCCc1nccc2sc(-c3c(C)nc(NC(C)C(F)(F)F)nc3NC3CC(CO)C(O)C3O)nc12. The van der Waals surface area contributed by atoms with Crippen LogP contribution in [-0.2, 0) is 6.42 Å². The van der Waals surface area contributed by atoms with Gasteiger partial charge < -0.3 is 26.0 Å². The maximum Gasteiger partial charge on any atom is 0.408 e. The largest absolute Gasteiger partial charge is 0.408 e. The first-order chi connectivity index (χ1) is 17.0. The fourth-order valence-electron chi connectivity index (χ4n) is 4.33. The van der Waals surface area contributed by atoms with Crippen LogP contribution < -0.4 is 10.6 Å². The Balaban J connectivity index is 1.79. The van der Waals surface area contributed by atoms with E-state index >= 15 is 0 Å². The minimum absolute atomic E-state index is 0.179. The highest BCUT2D eigenvalue weighted by Gasteiger charge is 2.42. The Bertz CT molecular complexity index is 1220. The monoisotopic (exact) mass is 526 g/mol. The standard InChI is InChI=1S/C23H29F3N6O3S/c1-4-5-13-17-15(6-7-27-13)36-21(31-17)16-10(2)28-22(29-11(3)23(24,25)26)32-20(16)30-14-8-12(9-33)18(34)19(14)35/h6-7,11-12,14,18-19,33-35H,4-5,8-9H2,1-3H3,(H2,28,29,30,32). The lowest BCUT2D eigenvalue weighted by Crippen LogP contribution is -2.36. The van der Waals surface area contributed by atoms with Crippen LogP contribution in [0.1, 0.15) is 38.1 Å². The van der Waals surface area contributed by atoms with E-state index in [0.717, 1.165) is 35.7 Å². The van der Waals surface area contributed by atoms with Crippen LogP contribution in [0.3, 0.4) is 0 Å². The molecule has 5 N–H and O–H groups in total. The third-order valence-electron chi connectivity index (χ3n) is 6.37. The number of nitrogens with one attached hydrogen (secondary N) is 2. The number of rotatable bonds is 8. The first kappa shape index (κ1) is 26.5. The lowest BCUT2D eigenvalue weighted by molar-refractivity contribution is -0.138. The summed E-state index contributed by atoms with van der Waals surface area (Å²) in [6.45, 7) is 4.35. The van der Waals surface area contributed by atoms with Gasteiger partial charge in [0.25, 0.3) is 0 Å². The number of pyridine rings is 1. The van der Waals surface area contributed by atoms with Crippen LogP contribution in [0.5, 0.6) is 0 Å². The molecular weight excluding hydrogens is 497 g/mol. The van der Waals surface area contributed by atoms with Gasteiger partial charge in [0.05, 0.1) is 33.8 Å². The second-order valence-corrected chi connectivity index (χ2v) is 10.1. The molecule has 1 aliphatic carbocycles. The van der Waals surface area contributed by atoms with Crippen LogP contribution in [-0.4, -0.2) is 72.3 Å². The summed E-state index contributed by atoms with van der Waals surface area (Å²) >= 11 is 1.38. The number of nitrogens with zero attached hydrogens (tertiary/aromatic N) is 4. The van der Waals surface area contributed by atoms with Crippen molar-refractivity contribution in [1.29, 1.82) is 0 Å². The zero-order chi connectivity index (χ0) is 26.2. The van der Waals surface area contributed by atoms with Gasteiger partial charge in [0.1, 0.15) is 28.5 Å². The van der Waals surface area contributed by atoms with Gasteiger partial charge in [-0.2, -0.15) is 18.2 Å². The van der Waals surface area contributed by atoms with Crippen LogP contribution in [0.4, 0.5) is 24.9 Å². The highest BCUT2D eigenvalue weighted by atomic mass is 32.1. The van der Waals surface area contributed by atoms with Crippen molar-refractivity contribution in [2.75, 3.05) is 17.2 Å². The van der Waals surface area contributed by atoms with E-state index in [1.165, 1.54) is 11.3 Å². The summed E-state index contributed by atoms with van der Waals surface area (Å²) in [6, 6.07) is -0.730. The highest BCUT2D eigenvalue weighted by molar-refractivity contribution is 7.21. The molecule has 0 amide bonds. The van der Waals surface area contributed by atoms with Gasteiger partial charge in [-0.1, -0.05) is 13.3 Å². The van der Waals surface area contributed by atoms with Crippen LogP contribution >= 0.6 is 11.3 Å². The number of halogens is 3. The van der Waals surface area contributed by atoms with Crippen molar-refractivity contribution in [1.82, 2.24) is 19.9 Å². The number of aliphatic hydroxyl groups is 3. The Kier molecular flexibility index (Phi) is 7.64. The van der Waals surface area contributed by atoms with Gasteiger partial charge in [-0.15, -0.1) is 11.3 Å². The maximum absolute atomic E-state index is 13.2. The van der Waals surface area contributed by atoms with Crippen LogP contribution in [0, 0.1) is 12.8 Å². The molecule has 1 aliphatic rings. The number of aliphatic hydroxyl groups excluding tert-OH is 3. The van der Waals surface area contributed by atoms with E-state index < -0.39 is 36.4 Å². The molecule has 1 fully saturated rings. The number of alkyl halides is 3. The number of thiazole rings is 1. The van der Waals surface area contributed by atoms with Crippen molar-refractivity contribution < 1.29 is 28.5 Å². The summed E-state index contributed by atoms with van der Waals surface area (Å²) in [6.07, 6.45) is -3.26. The summed E-state index contributed by atoms with van der Waals surface area (Å²) in [5, 5.41) is 36.2. The summed E-state index contributed by atoms with van der Waals surface area (Å²) in [7, 11) is 0. The van der Waals surface area contributed by atoms with Crippen molar-refractivity contribution in [2.24, 2.45) is 5.92 Å². The van der Waals surface area contributed by atoms with Gasteiger partial charge in [0.2, 0.25) is 5.95 Å². The van der Waals surface area contributed by atoms with Crippen molar-refractivity contribution in [2.45, 2.75) is 70.5 Å². The number of hydrogen-bond donors (Lipinski definition) is 5. The zero-order valence-electron chi connectivity index (χ0n) is 20.0. The topological polar surface area (TPSA) is 136 Å². The molecule has 5 unspecified atom stereocenters. The van der Waals surface area contributed by atoms with Crippen LogP contribution in [0.2, 0.25) is 0 Å². The fraction of sp³-hybridized carbons (Fsp3) is 0.565. The van der Waals surface area contributed by atoms with Gasteiger partial charge in [-0.05, 0) is 32.8 Å². The Morgan fingerprint density at radius 3 is 2.58 bits per heavy atom. The minimum atomic E-state index is -4.50. The Morgan fingerprint density at radius 1 is 1.19 bits per heavy atom. The molecule has 13 heteroatoms. The van der Waals surface area contributed by atoms with Gasteiger partial charge in [-0.25, -0.2) is 9.97 Å². The molecule has 3 aromatic rings. The molecule has 0 aromatic carbocycles. The second-order valence-electron chi connectivity index (χ2n) is 9.05. The number of anilines is 2. The summed E-state index contributed by atoms with van der Waals surface area (Å²) < 4.78 is 40.4. The maximum atomic E-state index is 13.2. The van der Waals surface area contributed by atoms with Crippen molar-refractivity contribution in [3.63, 3.8) is 0 Å². The normalized spacial score (nSPS) is 23.2. The molecule has 0 bridgehead atoms. The summed E-state index contributed by atoms with van der Waals surface area (Å²) in [4.78, 5) is 17.8. The van der Waals surface area contributed by atoms with Gasteiger partial charge >= 0.3 is 6.18 Å². The molecule has 3 aromatic heterocycles. The number of fused-ring (bicyclic) bond motifs is 1. The van der Waals surface area contributed by atoms with Gasteiger partial charge in [0, 0.05) is 18.7 Å². The third kappa shape index (κ3) is 5.24. The predicted octanol–water partition coefficient (Wildman–Crippen LogP) is 3.29. The molecule has 1 saturated carbocycles. The lowest BCUT2D eigenvalue weighted by Gasteiger charge is -2.22. The highest BCUT2D eigenvalue weighted by Crippen LogP contribution is 2.39.